The molecule has 0 spiro atoms. The Morgan fingerprint density at radius 2 is 1.92 bits per heavy atom. The maximum absolute atomic E-state index is 11.0. The van der Waals surface area contributed by atoms with Crippen LogP contribution in [0.15, 0.2) is 35.9 Å². The van der Waals surface area contributed by atoms with E-state index >= 15 is 0 Å². The smallest absolute Gasteiger partial charge is 0.192 e. The zero-order valence-corrected chi connectivity index (χ0v) is 18.2. The van der Waals surface area contributed by atoms with Gasteiger partial charge in [0.15, 0.2) is 14.1 Å². The zero-order valence-electron chi connectivity index (χ0n) is 17.2. The topological polar surface area (TPSA) is 47.9 Å². The molecule has 5 heteroatoms. The first-order valence-electron chi connectivity index (χ1n) is 9.31. The first-order valence-corrected chi connectivity index (χ1v) is 12.2. The molecule has 1 heterocycles. The molecule has 146 valence electrons. The lowest BCUT2D eigenvalue weighted by atomic mass is 10.0. The Hall–Kier alpha value is -0.983. The fourth-order valence-corrected chi connectivity index (χ4v) is 3.53. The molecule has 1 saturated heterocycles. The van der Waals surface area contributed by atoms with E-state index in [1.807, 2.05) is 50.3 Å². The van der Waals surface area contributed by atoms with E-state index in [0.29, 0.717) is 13.2 Å². The number of hydrogen-bond donors (Lipinski definition) is 1. The molecule has 0 radical (unpaired) electrons. The highest BCUT2D eigenvalue weighted by molar-refractivity contribution is 6.74. The van der Waals surface area contributed by atoms with Gasteiger partial charge in [0.25, 0.3) is 0 Å². The number of benzene rings is 1. The summed E-state index contributed by atoms with van der Waals surface area (Å²) in [5, 5.41) is 11.1. The molecular weight excluding hydrogens is 344 g/mol. The van der Waals surface area contributed by atoms with E-state index in [1.54, 1.807) is 0 Å². The van der Waals surface area contributed by atoms with Gasteiger partial charge in [0.2, 0.25) is 0 Å². The quantitative estimate of drug-likeness (QED) is 0.735. The Balaban J connectivity index is 2.21. The molecule has 2 atom stereocenters. The third-order valence-corrected chi connectivity index (χ3v) is 9.80. The van der Waals surface area contributed by atoms with Crippen LogP contribution in [0, 0.1) is 0 Å². The first-order chi connectivity index (χ1) is 11.9. The summed E-state index contributed by atoms with van der Waals surface area (Å²) >= 11 is 0. The van der Waals surface area contributed by atoms with E-state index in [9.17, 15) is 5.11 Å². The molecule has 1 aliphatic rings. The summed E-state index contributed by atoms with van der Waals surface area (Å²) in [5.74, 6) is -0.663. The van der Waals surface area contributed by atoms with Crippen LogP contribution in [0.3, 0.4) is 0 Å². The van der Waals surface area contributed by atoms with Crippen molar-refractivity contribution in [1.29, 1.82) is 0 Å². The van der Waals surface area contributed by atoms with Crippen LogP contribution in [-0.2, 0) is 13.9 Å². The third-order valence-electron chi connectivity index (χ3n) is 5.32. The summed E-state index contributed by atoms with van der Waals surface area (Å²) in [6.07, 6.45) is 0.858. The molecule has 0 saturated carbocycles. The monoisotopic (exact) mass is 378 g/mol. The summed E-state index contributed by atoms with van der Waals surface area (Å²) in [7, 11) is -1.92. The molecule has 1 N–H and O–H groups in total. The lowest BCUT2D eigenvalue weighted by Gasteiger charge is -2.37. The summed E-state index contributed by atoms with van der Waals surface area (Å²) in [5.41, 5.74) is 1.87. The van der Waals surface area contributed by atoms with Gasteiger partial charge in [-0.05, 0) is 43.1 Å². The highest BCUT2D eigenvalue weighted by Gasteiger charge is 2.40. The van der Waals surface area contributed by atoms with Gasteiger partial charge in [-0.15, -0.1) is 0 Å². The summed E-state index contributed by atoms with van der Waals surface area (Å²) in [6, 6.07) is 10.0. The summed E-state index contributed by atoms with van der Waals surface area (Å²) in [4.78, 5) is 0. The minimum absolute atomic E-state index is 0.116. The van der Waals surface area contributed by atoms with Gasteiger partial charge in [0, 0.05) is 0 Å². The predicted molar refractivity (Wildman–Crippen MR) is 108 cm³/mol. The normalized spacial score (nSPS) is 22.5. The van der Waals surface area contributed by atoms with Crippen molar-refractivity contribution in [2.24, 2.45) is 0 Å². The highest BCUT2D eigenvalue weighted by atomic mass is 28.4. The van der Waals surface area contributed by atoms with Gasteiger partial charge in [0.1, 0.15) is 12.2 Å². The molecule has 0 bridgehead atoms. The molecule has 1 aromatic rings. The fraction of sp³-hybridized carbons (Fsp3) is 0.619. The van der Waals surface area contributed by atoms with E-state index in [4.69, 9.17) is 13.9 Å². The Bertz CT molecular complexity index is 617. The average molecular weight is 379 g/mol. The van der Waals surface area contributed by atoms with Crippen LogP contribution < -0.4 is 0 Å². The number of aliphatic hydroxyl groups excluding tert-OH is 1. The molecule has 26 heavy (non-hydrogen) atoms. The first kappa shape index (κ1) is 21.3. The SMILES string of the molecule is CC1(C)OC[C@H]([C@H](O)/C(=C/c2ccccc2)CO[Si](C)(C)C(C)(C)C)O1. The molecule has 4 nitrogen and oxygen atoms in total. The van der Waals surface area contributed by atoms with Crippen molar-refractivity contribution in [3.63, 3.8) is 0 Å². The molecular formula is C21H34O4Si. The van der Waals surface area contributed by atoms with Gasteiger partial charge in [0.05, 0.1) is 13.2 Å². The van der Waals surface area contributed by atoms with E-state index in [2.05, 4.69) is 33.9 Å². The second kappa shape index (κ2) is 7.95. The van der Waals surface area contributed by atoms with Crippen LogP contribution in [-0.4, -0.2) is 44.6 Å². The molecule has 0 amide bonds. The van der Waals surface area contributed by atoms with Crippen molar-refractivity contribution in [2.45, 2.75) is 70.7 Å². The second-order valence-electron chi connectivity index (χ2n) is 8.99. The van der Waals surface area contributed by atoms with Gasteiger partial charge in [-0.25, -0.2) is 0 Å². The second-order valence-corrected chi connectivity index (χ2v) is 13.8. The molecule has 1 aromatic carbocycles. The highest BCUT2D eigenvalue weighted by Crippen LogP contribution is 2.37. The minimum Gasteiger partial charge on any atom is -0.413 e. The Morgan fingerprint density at radius 1 is 1.31 bits per heavy atom. The maximum Gasteiger partial charge on any atom is 0.192 e. The standard InChI is InChI=1S/C21H34O4Si/c1-20(2,3)26(6,7)24-14-17(13-16-11-9-8-10-12-16)19(22)18-15-23-21(4,5)25-18/h8-13,18-19,22H,14-15H2,1-7H3/b17-13+/t18-,19-/m1/s1. The lowest BCUT2D eigenvalue weighted by Crippen LogP contribution is -2.42. The zero-order chi connectivity index (χ0) is 19.6. The van der Waals surface area contributed by atoms with Crippen molar-refractivity contribution in [1.82, 2.24) is 0 Å². The number of rotatable bonds is 6. The average Bonchev–Trinajstić information content (AvgIpc) is 2.90. The predicted octanol–water partition coefficient (Wildman–Crippen LogP) is 4.60. The van der Waals surface area contributed by atoms with Crippen molar-refractivity contribution in [3.8, 4) is 0 Å². The van der Waals surface area contributed by atoms with Crippen molar-refractivity contribution < 1.29 is 19.0 Å². The number of hydrogen-bond acceptors (Lipinski definition) is 4. The number of aliphatic hydroxyl groups is 1. The van der Waals surface area contributed by atoms with E-state index in [-0.39, 0.29) is 11.1 Å². The summed E-state index contributed by atoms with van der Waals surface area (Å²) in [6.45, 7) is 15.6. The van der Waals surface area contributed by atoms with Crippen LogP contribution in [0.25, 0.3) is 6.08 Å². The van der Waals surface area contributed by atoms with Crippen LogP contribution in [0.5, 0.6) is 0 Å². The van der Waals surface area contributed by atoms with Gasteiger partial charge in [-0.3, -0.25) is 0 Å². The van der Waals surface area contributed by atoms with Crippen LogP contribution in [0.2, 0.25) is 18.1 Å². The van der Waals surface area contributed by atoms with Crippen LogP contribution in [0.4, 0.5) is 0 Å². The van der Waals surface area contributed by atoms with Crippen LogP contribution in [0.1, 0.15) is 40.2 Å². The summed E-state index contributed by atoms with van der Waals surface area (Å²) < 4.78 is 17.9. The fourth-order valence-electron chi connectivity index (χ4n) is 2.57. The molecule has 0 aromatic heterocycles. The Labute approximate surface area is 159 Å². The van der Waals surface area contributed by atoms with Gasteiger partial charge in [-0.2, -0.15) is 0 Å². The molecule has 1 fully saturated rings. The molecule has 1 aliphatic heterocycles. The van der Waals surface area contributed by atoms with E-state index < -0.39 is 20.2 Å². The molecule has 2 rings (SSSR count). The van der Waals surface area contributed by atoms with Crippen molar-refractivity contribution in [2.75, 3.05) is 13.2 Å². The van der Waals surface area contributed by atoms with Gasteiger partial charge in [-0.1, -0.05) is 57.2 Å². The molecule has 0 unspecified atom stereocenters. The van der Waals surface area contributed by atoms with Crippen molar-refractivity contribution >= 4 is 14.4 Å². The Kier molecular flexibility index (Phi) is 6.51. The lowest BCUT2D eigenvalue weighted by molar-refractivity contribution is -0.148. The largest absolute Gasteiger partial charge is 0.413 e. The number of ether oxygens (including phenoxy) is 2. The van der Waals surface area contributed by atoms with Crippen LogP contribution >= 0.6 is 0 Å². The minimum atomic E-state index is -1.92. The van der Waals surface area contributed by atoms with E-state index in [0.717, 1.165) is 11.1 Å². The van der Waals surface area contributed by atoms with Gasteiger partial charge < -0.3 is 19.0 Å². The maximum atomic E-state index is 11.0. The van der Waals surface area contributed by atoms with Gasteiger partial charge >= 0.3 is 0 Å². The third kappa shape index (κ3) is 5.51. The Morgan fingerprint density at radius 3 is 2.42 bits per heavy atom. The van der Waals surface area contributed by atoms with E-state index in [1.165, 1.54) is 0 Å². The molecule has 0 aliphatic carbocycles. The van der Waals surface area contributed by atoms with Crippen molar-refractivity contribution in [3.05, 3.63) is 41.5 Å².